The Bertz CT molecular complexity index is 1150. The van der Waals surface area contributed by atoms with Gasteiger partial charge in [-0.15, -0.1) is 5.10 Å². The molecule has 32 heavy (non-hydrogen) atoms. The average Bonchev–Trinajstić information content (AvgIpc) is 3.21. The van der Waals surface area contributed by atoms with Crippen molar-refractivity contribution >= 4 is 40.3 Å². The van der Waals surface area contributed by atoms with Gasteiger partial charge in [-0.1, -0.05) is 30.3 Å². The molecule has 2 aromatic rings. The number of amides is 3. The van der Waals surface area contributed by atoms with E-state index in [0.717, 1.165) is 34.3 Å². The normalized spacial score (nSPS) is 19.2. The lowest BCUT2D eigenvalue weighted by Crippen LogP contribution is -2.49. The molecule has 4 rings (SSSR count). The van der Waals surface area contributed by atoms with E-state index in [2.05, 4.69) is 10.4 Å². The van der Waals surface area contributed by atoms with Gasteiger partial charge in [-0.05, 0) is 48.9 Å². The van der Waals surface area contributed by atoms with Gasteiger partial charge in [-0.25, -0.2) is 0 Å². The molecule has 3 amide bonds. The largest absolute Gasteiger partial charge is 0.492 e. The van der Waals surface area contributed by atoms with Crippen molar-refractivity contribution < 1.29 is 19.1 Å². The fourth-order valence-electron chi connectivity index (χ4n) is 4.02. The molecule has 0 saturated carbocycles. The lowest BCUT2D eigenvalue weighted by atomic mass is 10.0. The number of hydrogen-bond donors (Lipinski definition) is 1. The van der Waals surface area contributed by atoms with Crippen molar-refractivity contribution in [2.24, 2.45) is 5.10 Å². The Kier molecular flexibility index (Phi) is 5.68. The number of thioether (sulfide) groups is 1. The number of fused-ring (bicyclic) bond motifs is 2. The van der Waals surface area contributed by atoms with Gasteiger partial charge in [-0.3, -0.25) is 14.4 Å². The molecule has 2 aromatic carbocycles. The Morgan fingerprint density at radius 2 is 1.91 bits per heavy atom. The number of ether oxygens (including phenoxy) is 1. The van der Waals surface area contributed by atoms with Gasteiger partial charge in [0.15, 0.2) is 5.17 Å². The van der Waals surface area contributed by atoms with E-state index in [1.165, 1.54) is 18.9 Å². The highest BCUT2D eigenvalue weighted by atomic mass is 32.2. The van der Waals surface area contributed by atoms with Gasteiger partial charge in [0.1, 0.15) is 12.4 Å². The average molecular weight is 453 g/mol. The SMILES string of the molecule is CC(=O)NC1=NN(C(C)=O)C2(S1)C(=O)N(CCOc1cccc(C)c1)c1c(C)cccc12. The van der Waals surface area contributed by atoms with E-state index >= 15 is 0 Å². The summed E-state index contributed by atoms with van der Waals surface area (Å²) in [6.07, 6.45) is 0. The lowest BCUT2D eigenvalue weighted by Gasteiger charge is -2.29. The topological polar surface area (TPSA) is 91.3 Å². The highest BCUT2D eigenvalue weighted by Gasteiger charge is 2.61. The van der Waals surface area contributed by atoms with E-state index in [-0.39, 0.29) is 23.6 Å². The Morgan fingerprint density at radius 3 is 2.59 bits per heavy atom. The van der Waals surface area contributed by atoms with E-state index in [9.17, 15) is 14.4 Å². The summed E-state index contributed by atoms with van der Waals surface area (Å²) in [7, 11) is 0. The summed E-state index contributed by atoms with van der Waals surface area (Å²) >= 11 is 1.07. The summed E-state index contributed by atoms with van der Waals surface area (Å²) in [5.74, 6) is -0.279. The zero-order valence-electron chi connectivity index (χ0n) is 18.3. The smallest absolute Gasteiger partial charge is 0.270 e. The van der Waals surface area contributed by atoms with Crippen LogP contribution in [0.2, 0.25) is 0 Å². The molecular formula is C23H24N4O4S. The first-order chi connectivity index (χ1) is 15.2. The predicted molar refractivity (Wildman–Crippen MR) is 123 cm³/mol. The van der Waals surface area contributed by atoms with Crippen molar-refractivity contribution in [2.45, 2.75) is 32.6 Å². The summed E-state index contributed by atoms with van der Waals surface area (Å²) in [5.41, 5.74) is 3.40. The molecule has 1 N–H and O–H groups in total. The summed E-state index contributed by atoms with van der Waals surface area (Å²) in [4.78, 5) is 38.2. The molecule has 0 bridgehead atoms. The summed E-state index contributed by atoms with van der Waals surface area (Å²) in [6, 6.07) is 13.3. The Balaban J connectivity index is 1.67. The van der Waals surface area contributed by atoms with Gasteiger partial charge in [0, 0.05) is 19.4 Å². The van der Waals surface area contributed by atoms with Crippen LogP contribution in [-0.4, -0.2) is 41.0 Å². The first-order valence-electron chi connectivity index (χ1n) is 10.2. The van der Waals surface area contributed by atoms with Crippen LogP contribution in [0.1, 0.15) is 30.5 Å². The van der Waals surface area contributed by atoms with E-state index < -0.39 is 10.8 Å². The number of nitrogens with one attached hydrogen (secondary N) is 1. The Labute approximate surface area is 190 Å². The fraction of sp³-hybridized carbons (Fsp3) is 0.304. The molecule has 1 atom stereocenters. The van der Waals surface area contributed by atoms with E-state index in [1.54, 1.807) is 4.90 Å². The third-order valence-corrected chi connectivity index (χ3v) is 6.54. The highest BCUT2D eigenvalue weighted by Crippen LogP contribution is 2.55. The maximum Gasteiger partial charge on any atom is 0.270 e. The monoisotopic (exact) mass is 452 g/mol. The maximum absolute atomic E-state index is 13.9. The zero-order valence-corrected chi connectivity index (χ0v) is 19.2. The van der Waals surface area contributed by atoms with Crippen LogP contribution < -0.4 is 15.0 Å². The lowest BCUT2D eigenvalue weighted by molar-refractivity contribution is -0.139. The summed E-state index contributed by atoms with van der Waals surface area (Å²) in [6.45, 7) is 7.20. The van der Waals surface area contributed by atoms with Crippen LogP contribution in [0.4, 0.5) is 5.69 Å². The van der Waals surface area contributed by atoms with E-state index in [1.807, 2.05) is 56.3 Å². The second-order valence-corrected chi connectivity index (χ2v) is 8.94. The molecule has 2 heterocycles. The minimum absolute atomic E-state index is 0.214. The number of carbonyl (C=O) groups excluding carboxylic acids is 3. The molecule has 0 fully saturated rings. The van der Waals surface area contributed by atoms with Crippen molar-refractivity contribution in [2.75, 3.05) is 18.1 Å². The number of hydrazone groups is 1. The van der Waals surface area contributed by atoms with Gasteiger partial charge < -0.3 is 15.0 Å². The van der Waals surface area contributed by atoms with Gasteiger partial charge >= 0.3 is 0 Å². The number of benzene rings is 2. The summed E-state index contributed by atoms with van der Waals surface area (Å²) < 4.78 is 5.88. The summed E-state index contributed by atoms with van der Waals surface area (Å²) in [5, 5.41) is 8.27. The standard InChI is InChI=1S/C23H24N4O4S/c1-14-7-5-9-18(13-14)31-12-11-26-20-15(2)8-6-10-19(20)23(21(26)30)27(17(4)29)25-22(32-23)24-16(3)28/h5-10,13H,11-12H2,1-4H3,(H,24,25,28). The minimum Gasteiger partial charge on any atom is -0.492 e. The van der Waals surface area contributed by atoms with Crippen molar-refractivity contribution in [3.63, 3.8) is 0 Å². The molecular weight excluding hydrogens is 428 g/mol. The molecule has 2 aliphatic rings. The second-order valence-electron chi connectivity index (χ2n) is 7.76. The maximum atomic E-state index is 13.9. The quantitative estimate of drug-likeness (QED) is 0.770. The third kappa shape index (κ3) is 3.62. The number of amidine groups is 1. The van der Waals surface area contributed by atoms with Crippen molar-refractivity contribution in [3.05, 3.63) is 59.2 Å². The van der Waals surface area contributed by atoms with Gasteiger partial charge in [0.05, 0.1) is 12.2 Å². The molecule has 0 aromatic heterocycles. The fourth-order valence-corrected chi connectivity index (χ4v) is 5.35. The van der Waals surface area contributed by atoms with Gasteiger partial charge in [0.25, 0.3) is 5.91 Å². The molecule has 166 valence electrons. The molecule has 2 aliphatic heterocycles. The molecule has 1 spiro atoms. The third-order valence-electron chi connectivity index (χ3n) is 5.30. The predicted octanol–water partition coefficient (Wildman–Crippen LogP) is 2.88. The number of rotatable bonds is 4. The number of aryl methyl sites for hydroxylation is 2. The van der Waals surface area contributed by atoms with Crippen molar-refractivity contribution in [1.29, 1.82) is 0 Å². The van der Waals surface area contributed by atoms with Gasteiger partial charge in [-0.2, -0.15) is 5.01 Å². The molecule has 8 nitrogen and oxygen atoms in total. The van der Waals surface area contributed by atoms with E-state index in [0.29, 0.717) is 12.1 Å². The van der Waals surface area contributed by atoms with Crippen molar-refractivity contribution in [3.8, 4) is 5.75 Å². The number of carbonyl (C=O) groups is 3. The number of hydrogen-bond acceptors (Lipinski definition) is 6. The van der Waals surface area contributed by atoms with Crippen LogP contribution in [0.3, 0.4) is 0 Å². The van der Waals surface area contributed by atoms with Crippen LogP contribution >= 0.6 is 11.8 Å². The highest BCUT2D eigenvalue weighted by molar-refractivity contribution is 8.15. The molecule has 0 saturated heterocycles. The van der Waals surface area contributed by atoms with Crippen LogP contribution in [0.25, 0.3) is 0 Å². The molecule has 0 aliphatic carbocycles. The number of nitrogens with zero attached hydrogens (tertiary/aromatic N) is 3. The first-order valence-corrected chi connectivity index (χ1v) is 11.0. The van der Waals surface area contributed by atoms with Crippen LogP contribution in [-0.2, 0) is 19.3 Å². The second kappa shape index (κ2) is 8.31. The Morgan fingerprint density at radius 1 is 1.16 bits per heavy atom. The zero-order chi connectivity index (χ0) is 23.0. The minimum atomic E-state index is -1.39. The number of para-hydroxylation sites is 1. The van der Waals surface area contributed by atoms with Crippen LogP contribution in [0, 0.1) is 13.8 Å². The van der Waals surface area contributed by atoms with Gasteiger partial charge in [0.2, 0.25) is 16.7 Å². The Hall–Kier alpha value is -3.33. The van der Waals surface area contributed by atoms with Crippen LogP contribution in [0.5, 0.6) is 5.75 Å². The van der Waals surface area contributed by atoms with Crippen LogP contribution in [0.15, 0.2) is 47.6 Å². The van der Waals surface area contributed by atoms with Crippen molar-refractivity contribution in [1.82, 2.24) is 10.3 Å². The van der Waals surface area contributed by atoms with E-state index in [4.69, 9.17) is 4.74 Å². The molecule has 0 radical (unpaired) electrons. The molecule has 1 unspecified atom stereocenters. The first kappa shape index (κ1) is 21.9. The molecule has 9 heteroatoms. The number of anilines is 1.